The number of hydrogen-bond donors (Lipinski definition) is 1. The minimum atomic E-state index is -0.758. The number of halogens is 1. The minimum Gasteiger partial charge on any atom is -0.490 e. The van der Waals surface area contributed by atoms with Crippen LogP contribution in [-0.4, -0.2) is 17.4 Å². The normalized spacial score (nSPS) is 11.0. The van der Waals surface area contributed by atoms with Crippen molar-refractivity contribution in [2.75, 3.05) is 11.9 Å². The highest BCUT2D eigenvalue weighted by molar-refractivity contribution is 14.1. The third-order valence-corrected chi connectivity index (χ3v) is 6.41. The van der Waals surface area contributed by atoms with Gasteiger partial charge in [-0.15, -0.1) is 0 Å². The van der Waals surface area contributed by atoms with E-state index in [9.17, 15) is 20.2 Å². The quantitative estimate of drug-likeness (QED) is 0.0719. The molecule has 0 aliphatic carbocycles. The van der Waals surface area contributed by atoms with Crippen LogP contribution in [0.1, 0.15) is 18.1 Å². The molecular formula is C29H22IN3O5. The highest BCUT2D eigenvalue weighted by Gasteiger charge is 2.18. The first-order valence-corrected chi connectivity index (χ1v) is 12.7. The molecule has 0 saturated carbocycles. The SMILES string of the molecule is CCOc1cc(/C=C(\C#N)C(=O)Nc2ccccc2[N+](=O)[O-])cc(I)c1OCc1cccc2ccccc12. The van der Waals surface area contributed by atoms with E-state index in [0.717, 1.165) is 19.9 Å². The molecule has 1 N–H and O–H groups in total. The molecule has 0 aliphatic rings. The molecule has 38 heavy (non-hydrogen) atoms. The number of nitro benzene ring substituents is 1. The summed E-state index contributed by atoms with van der Waals surface area (Å²) < 4.78 is 12.8. The summed E-state index contributed by atoms with van der Waals surface area (Å²) in [5, 5.41) is 25.6. The number of carbonyl (C=O) groups excluding carboxylic acids is 1. The number of fused-ring (bicyclic) bond motifs is 1. The van der Waals surface area contributed by atoms with Crippen molar-refractivity contribution < 1.29 is 19.2 Å². The first-order valence-electron chi connectivity index (χ1n) is 11.6. The summed E-state index contributed by atoms with van der Waals surface area (Å²) in [7, 11) is 0. The predicted octanol–water partition coefficient (Wildman–Crippen LogP) is 6.88. The molecule has 0 aliphatic heterocycles. The van der Waals surface area contributed by atoms with Crippen molar-refractivity contribution in [3.8, 4) is 17.6 Å². The molecule has 4 aromatic carbocycles. The highest BCUT2D eigenvalue weighted by Crippen LogP contribution is 2.36. The number of carbonyl (C=O) groups is 1. The molecule has 0 atom stereocenters. The van der Waals surface area contributed by atoms with E-state index >= 15 is 0 Å². The summed E-state index contributed by atoms with van der Waals surface area (Å²) in [5.74, 6) is 0.272. The van der Waals surface area contributed by atoms with Gasteiger partial charge in [0, 0.05) is 6.07 Å². The van der Waals surface area contributed by atoms with Gasteiger partial charge >= 0.3 is 0 Å². The van der Waals surface area contributed by atoms with E-state index < -0.39 is 10.8 Å². The van der Waals surface area contributed by atoms with Crippen LogP contribution in [0.5, 0.6) is 11.5 Å². The molecule has 0 unspecified atom stereocenters. The molecule has 8 nitrogen and oxygen atoms in total. The number of nitriles is 1. The number of benzene rings is 4. The number of ether oxygens (including phenoxy) is 2. The van der Waals surface area contributed by atoms with Crippen LogP contribution in [0.4, 0.5) is 11.4 Å². The van der Waals surface area contributed by atoms with E-state index in [0.29, 0.717) is 30.3 Å². The fourth-order valence-electron chi connectivity index (χ4n) is 3.89. The lowest BCUT2D eigenvalue weighted by Gasteiger charge is -2.16. The Morgan fingerprint density at radius 2 is 1.82 bits per heavy atom. The summed E-state index contributed by atoms with van der Waals surface area (Å²) in [6.07, 6.45) is 1.41. The number of amides is 1. The number of anilines is 1. The third-order valence-electron chi connectivity index (χ3n) is 5.61. The Morgan fingerprint density at radius 1 is 1.08 bits per heavy atom. The molecule has 4 rings (SSSR count). The minimum absolute atomic E-state index is 0.00502. The molecule has 0 spiro atoms. The number of nitrogens with one attached hydrogen (secondary N) is 1. The van der Waals surface area contributed by atoms with Gasteiger partial charge in [-0.05, 0) is 75.7 Å². The molecule has 4 aromatic rings. The fourth-order valence-corrected chi connectivity index (χ4v) is 4.67. The molecule has 0 radical (unpaired) electrons. The average Bonchev–Trinajstić information content (AvgIpc) is 2.91. The van der Waals surface area contributed by atoms with Crippen LogP contribution in [0.25, 0.3) is 16.8 Å². The van der Waals surface area contributed by atoms with E-state index in [2.05, 4.69) is 34.0 Å². The number of nitro groups is 1. The van der Waals surface area contributed by atoms with Crippen LogP contribution in [0.15, 0.2) is 84.4 Å². The van der Waals surface area contributed by atoms with Gasteiger partial charge < -0.3 is 14.8 Å². The third kappa shape index (κ3) is 6.10. The maximum atomic E-state index is 12.8. The van der Waals surface area contributed by atoms with Crippen molar-refractivity contribution in [3.63, 3.8) is 0 Å². The second-order valence-electron chi connectivity index (χ2n) is 8.09. The molecule has 0 saturated heterocycles. The van der Waals surface area contributed by atoms with Gasteiger partial charge in [-0.2, -0.15) is 5.26 Å². The van der Waals surface area contributed by atoms with Gasteiger partial charge in [0.2, 0.25) is 0 Å². The molecule has 0 fully saturated rings. The van der Waals surface area contributed by atoms with Crippen LogP contribution < -0.4 is 14.8 Å². The molecule has 1 amide bonds. The molecule has 0 aromatic heterocycles. The van der Waals surface area contributed by atoms with Gasteiger partial charge in [0.25, 0.3) is 11.6 Å². The van der Waals surface area contributed by atoms with Gasteiger partial charge in [-0.25, -0.2) is 0 Å². The molecule has 0 bridgehead atoms. The summed E-state index contributed by atoms with van der Waals surface area (Å²) in [6.45, 7) is 2.57. The van der Waals surface area contributed by atoms with Gasteiger partial charge in [-0.1, -0.05) is 54.6 Å². The first-order chi connectivity index (χ1) is 18.4. The van der Waals surface area contributed by atoms with Crippen LogP contribution in [-0.2, 0) is 11.4 Å². The Balaban J connectivity index is 1.60. The predicted molar refractivity (Wildman–Crippen MR) is 154 cm³/mol. The summed E-state index contributed by atoms with van der Waals surface area (Å²) in [6, 6.07) is 25.2. The monoisotopic (exact) mass is 619 g/mol. The van der Waals surface area contributed by atoms with Crippen molar-refractivity contribution in [2.45, 2.75) is 13.5 Å². The Bertz CT molecular complexity index is 1590. The Kier molecular flexibility index (Phi) is 8.55. The van der Waals surface area contributed by atoms with Crippen LogP contribution in [0, 0.1) is 25.0 Å². The number of hydrogen-bond acceptors (Lipinski definition) is 6. The Morgan fingerprint density at radius 3 is 2.58 bits per heavy atom. The Labute approximate surface area is 232 Å². The van der Waals surface area contributed by atoms with E-state index in [4.69, 9.17) is 9.47 Å². The topological polar surface area (TPSA) is 114 Å². The Hall–Kier alpha value is -4.43. The zero-order valence-corrected chi connectivity index (χ0v) is 22.5. The molecule has 9 heteroatoms. The maximum Gasteiger partial charge on any atom is 0.292 e. The van der Waals surface area contributed by atoms with Gasteiger partial charge in [-0.3, -0.25) is 14.9 Å². The summed E-state index contributed by atoms with van der Waals surface area (Å²) in [5.41, 5.74) is 1.10. The van der Waals surface area contributed by atoms with Crippen molar-refractivity contribution in [1.29, 1.82) is 5.26 Å². The largest absolute Gasteiger partial charge is 0.490 e. The number of nitrogens with zero attached hydrogens (tertiary/aromatic N) is 2. The lowest BCUT2D eigenvalue weighted by molar-refractivity contribution is -0.383. The van der Waals surface area contributed by atoms with Gasteiger partial charge in [0.05, 0.1) is 15.1 Å². The highest BCUT2D eigenvalue weighted by atomic mass is 127. The van der Waals surface area contributed by atoms with Crippen molar-refractivity contribution in [3.05, 3.63) is 109 Å². The summed E-state index contributed by atoms with van der Waals surface area (Å²) in [4.78, 5) is 23.4. The lowest BCUT2D eigenvalue weighted by atomic mass is 10.1. The zero-order chi connectivity index (χ0) is 27.1. The van der Waals surface area contributed by atoms with Crippen molar-refractivity contribution >= 4 is 56.7 Å². The number of para-hydroxylation sites is 2. The molecule has 190 valence electrons. The van der Waals surface area contributed by atoms with Crippen molar-refractivity contribution in [1.82, 2.24) is 0 Å². The second kappa shape index (κ2) is 12.2. The zero-order valence-electron chi connectivity index (χ0n) is 20.3. The molecular weight excluding hydrogens is 597 g/mol. The second-order valence-corrected chi connectivity index (χ2v) is 9.25. The maximum absolute atomic E-state index is 12.8. The van der Waals surface area contributed by atoms with E-state index in [1.54, 1.807) is 18.2 Å². The van der Waals surface area contributed by atoms with E-state index in [1.807, 2.05) is 49.4 Å². The summed E-state index contributed by atoms with van der Waals surface area (Å²) >= 11 is 2.13. The van der Waals surface area contributed by atoms with Crippen LogP contribution in [0.2, 0.25) is 0 Å². The van der Waals surface area contributed by atoms with Gasteiger partial charge in [0.15, 0.2) is 11.5 Å². The van der Waals surface area contributed by atoms with E-state index in [1.165, 1.54) is 24.3 Å². The van der Waals surface area contributed by atoms with Gasteiger partial charge in [0.1, 0.15) is 23.9 Å². The molecule has 0 heterocycles. The van der Waals surface area contributed by atoms with Crippen LogP contribution >= 0.6 is 22.6 Å². The first kappa shape index (κ1) is 26.6. The van der Waals surface area contributed by atoms with E-state index in [-0.39, 0.29) is 16.9 Å². The smallest absolute Gasteiger partial charge is 0.292 e. The fraction of sp³-hybridized carbons (Fsp3) is 0.103. The van der Waals surface area contributed by atoms with Crippen LogP contribution in [0.3, 0.4) is 0 Å². The average molecular weight is 619 g/mol. The van der Waals surface area contributed by atoms with Crippen molar-refractivity contribution in [2.24, 2.45) is 0 Å². The lowest BCUT2D eigenvalue weighted by Crippen LogP contribution is -2.14. The standard InChI is InChI=1S/C29H22IN3O5/c1-2-37-27-16-19(14-22(17-31)29(34)32-25-12-5-6-13-26(25)33(35)36)15-24(30)28(27)38-18-21-10-7-9-20-8-3-4-11-23(20)21/h3-16H,2,18H2,1H3,(H,32,34)/b22-14+. The number of rotatable bonds is 9.